The molecule has 0 heterocycles. The molecule has 0 rings (SSSR count). The largest absolute Gasteiger partial charge is 0.326 e. The fourth-order valence-corrected chi connectivity index (χ4v) is 3.42. The molecule has 0 amide bonds. The lowest BCUT2D eigenvalue weighted by molar-refractivity contribution is -0.910. The minimum atomic E-state index is 1.34. The van der Waals surface area contributed by atoms with E-state index in [1.54, 1.807) is 0 Å². The van der Waals surface area contributed by atoms with Crippen molar-refractivity contribution in [3.63, 3.8) is 0 Å². The van der Waals surface area contributed by atoms with Gasteiger partial charge < -0.3 is 4.48 Å². The van der Waals surface area contributed by atoms with Crippen LogP contribution in [0, 0.1) is 0 Å². The normalized spacial score (nSPS) is 12.0. The highest BCUT2D eigenvalue weighted by molar-refractivity contribution is 4.49. The molecule has 0 aliphatic carbocycles. The molecule has 0 saturated carbocycles. The van der Waals surface area contributed by atoms with Crippen LogP contribution in [-0.2, 0) is 0 Å². The molecule has 0 aliphatic rings. The van der Waals surface area contributed by atoms with E-state index in [0.717, 1.165) is 0 Å². The van der Waals surface area contributed by atoms with Crippen LogP contribution in [0.4, 0.5) is 0 Å². The molecule has 22 heavy (non-hydrogen) atoms. The van der Waals surface area contributed by atoms with Crippen LogP contribution in [0.2, 0.25) is 0 Å². The number of rotatable bonds is 17. The zero-order chi connectivity index (χ0) is 16.5. The summed E-state index contributed by atoms with van der Waals surface area (Å²) in [5.41, 5.74) is 0. The van der Waals surface area contributed by atoms with E-state index in [9.17, 15) is 0 Å². The van der Waals surface area contributed by atoms with Crippen LogP contribution in [0.15, 0.2) is 0 Å². The summed E-state index contributed by atoms with van der Waals surface area (Å²) in [6.07, 6.45) is 20.0. The molecule has 1 heteroatoms. The minimum absolute atomic E-state index is 1.34. The Kier molecular flexibility index (Phi) is 15.8. The van der Waals surface area contributed by atoms with Crippen LogP contribution in [0.1, 0.15) is 111 Å². The highest BCUT2D eigenvalue weighted by Crippen LogP contribution is 2.14. The summed E-state index contributed by atoms with van der Waals surface area (Å²) < 4.78 is 1.34. The Hall–Kier alpha value is -0.0400. The number of nitrogens with zero attached hydrogens (tertiary/aromatic N) is 1. The van der Waals surface area contributed by atoms with Crippen LogP contribution >= 0.6 is 0 Å². The maximum atomic E-state index is 2.52. The van der Waals surface area contributed by atoms with Gasteiger partial charge in [-0.25, -0.2) is 0 Å². The molecule has 0 saturated heterocycles. The van der Waals surface area contributed by atoms with Crippen molar-refractivity contribution in [2.24, 2.45) is 0 Å². The molecule has 1 nitrogen and oxygen atoms in total. The summed E-state index contributed by atoms with van der Waals surface area (Å²) in [5.74, 6) is 0. The van der Waals surface area contributed by atoms with Gasteiger partial charge in [0, 0.05) is 0 Å². The Bertz CT molecular complexity index is 196. The van der Waals surface area contributed by atoms with Gasteiger partial charge in [0.15, 0.2) is 0 Å². The monoisotopic (exact) mass is 312 g/mol. The standard InChI is InChI=1S/C21H46N/c1-5-8-11-13-15-17-20-22(4,19-10-7-3)21-18-16-14-12-9-6-2/h5-21H2,1-4H3/q+1. The third kappa shape index (κ3) is 13.6. The van der Waals surface area contributed by atoms with Crippen LogP contribution in [0.3, 0.4) is 0 Å². The van der Waals surface area contributed by atoms with Crippen molar-refractivity contribution in [3.05, 3.63) is 0 Å². The molecule has 0 atom stereocenters. The van der Waals surface area contributed by atoms with Crippen molar-refractivity contribution in [3.8, 4) is 0 Å². The first-order valence-corrected chi connectivity index (χ1v) is 10.5. The summed E-state index contributed by atoms with van der Waals surface area (Å²) >= 11 is 0. The molecule has 0 N–H and O–H groups in total. The van der Waals surface area contributed by atoms with Crippen molar-refractivity contribution in [2.75, 3.05) is 26.7 Å². The molecule has 0 spiro atoms. The second-order valence-corrected chi connectivity index (χ2v) is 7.68. The van der Waals surface area contributed by atoms with Gasteiger partial charge in [0.1, 0.15) is 0 Å². The number of unbranched alkanes of at least 4 members (excludes halogenated alkanes) is 11. The fourth-order valence-electron chi connectivity index (χ4n) is 3.42. The Morgan fingerprint density at radius 2 is 0.727 bits per heavy atom. The van der Waals surface area contributed by atoms with Gasteiger partial charge in [-0.15, -0.1) is 0 Å². The number of hydrogen-bond donors (Lipinski definition) is 0. The van der Waals surface area contributed by atoms with Crippen LogP contribution in [0.5, 0.6) is 0 Å². The minimum Gasteiger partial charge on any atom is -0.326 e. The molecular formula is C21H46N+. The molecule has 0 aromatic rings. The van der Waals surface area contributed by atoms with E-state index in [1.165, 1.54) is 114 Å². The van der Waals surface area contributed by atoms with E-state index in [-0.39, 0.29) is 0 Å². The predicted molar refractivity (Wildman–Crippen MR) is 102 cm³/mol. The summed E-state index contributed by atoms with van der Waals surface area (Å²) in [6.45, 7) is 11.2. The summed E-state index contributed by atoms with van der Waals surface area (Å²) in [6, 6.07) is 0. The molecule has 0 aromatic heterocycles. The average Bonchev–Trinajstić information content (AvgIpc) is 2.52. The van der Waals surface area contributed by atoms with Gasteiger partial charge in [-0.3, -0.25) is 0 Å². The fraction of sp³-hybridized carbons (Fsp3) is 1.00. The van der Waals surface area contributed by atoms with Crippen molar-refractivity contribution in [1.29, 1.82) is 0 Å². The van der Waals surface area contributed by atoms with E-state index in [0.29, 0.717) is 0 Å². The molecule has 0 unspecified atom stereocenters. The Labute approximate surface area is 142 Å². The molecule has 0 aliphatic heterocycles. The zero-order valence-corrected chi connectivity index (χ0v) is 16.5. The third-order valence-corrected chi connectivity index (χ3v) is 5.15. The van der Waals surface area contributed by atoms with Crippen LogP contribution in [-0.4, -0.2) is 31.2 Å². The quantitative estimate of drug-likeness (QED) is 0.201. The lowest BCUT2D eigenvalue weighted by atomic mass is 10.1. The van der Waals surface area contributed by atoms with Gasteiger partial charge in [-0.05, 0) is 32.1 Å². The number of quaternary nitrogens is 1. The van der Waals surface area contributed by atoms with Gasteiger partial charge in [0.25, 0.3) is 0 Å². The highest BCUT2D eigenvalue weighted by Gasteiger charge is 2.19. The summed E-state index contributed by atoms with van der Waals surface area (Å²) in [5, 5.41) is 0. The zero-order valence-electron chi connectivity index (χ0n) is 16.5. The Balaban J connectivity index is 3.84. The first kappa shape index (κ1) is 22.0. The Morgan fingerprint density at radius 3 is 1.14 bits per heavy atom. The first-order valence-electron chi connectivity index (χ1n) is 10.5. The van der Waals surface area contributed by atoms with E-state index in [2.05, 4.69) is 27.8 Å². The first-order chi connectivity index (χ1) is 10.7. The average molecular weight is 313 g/mol. The van der Waals surface area contributed by atoms with Crippen LogP contribution < -0.4 is 0 Å². The summed E-state index contributed by atoms with van der Waals surface area (Å²) in [7, 11) is 2.52. The van der Waals surface area contributed by atoms with Gasteiger partial charge >= 0.3 is 0 Å². The van der Waals surface area contributed by atoms with Gasteiger partial charge in [0.2, 0.25) is 0 Å². The maximum Gasteiger partial charge on any atom is 0.0784 e. The number of hydrogen-bond acceptors (Lipinski definition) is 0. The smallest absolute Gasteiger partial charge is 0.0784 e. The van der Waals surface area contributed by atoms with Crippen molar-refractivity contribution in [1.82, 2.24) is 0 Å². The summed E-state index contributed by atoms with van der Waals surface area (Å²) in [4.78, 5) is 0. The molecule has 0 aromatic carbocycles. The second kappa shape index (κ2) is 15.8. The van der Waals surface area contributed by atoms with Crippen LogP contribution in [0.25, 0.3) is 0 Å². The predicted octanol–water partition coefficient (Wildman–Crippen LogP) is 6.95. The lowest BCUT2D eigenvalue weighted by Crippen LogP contribution is -2.46. The molecule has 0 fully saturated rings. The molecule has 0 radical (unpaired) electrons. The topological polar surface area (TPSA) is 0 Å². The molecule has 0 bridgehead atoms. The second-order valence-electron chi connectivity index (χ2n) is 7.68. The van der Waals surface area contributed by atoms with Crippen molar-refractivity contribution in [2.45, 2.75) is 111 Å². The van der Waals surface area contributed by atoms with Crippen molar-refractivity contribution >= 4 is 0 Å². The molecule has 134 valence electrons. The van der Waals surface area contributed by atoms with Gasteiger partial charge in [0.05, 0.1) is 26.7 Å². The van der Waals surface area contributed by atoms with E-state index in [1.807, 2.05) is 0 Å². The highest BCUT2D eigenvalue weighted by atomic mass is 15.3. The van der Waals surface area contributed by atoms with E-state index < -0.39 is 0 Å². The van der Waals surface area contributed by atoms with Gasteiger partial charge in [-0.1, -0.05) is 78.6 Å². The SMILES string of the molecule is CCCCCCCC[N+](C)(CCCC)CCCCCCCC. The van der Waals surface area contributed by atoms with Gasteiger partial charge in [-0.2, -0.15) is 0 Å². The third-order valence-electron chi connectivity index (χ3n) is 5.15. The van der Waals surface area contributed by atoms with E-state index in [4.69, 9.17) is 0 Å². The maximum absolute atomic E-state index is 2.52. The lowest BCUT2D eigenvalue weighted by Gasteiger charge is -2.35. The van der Waals surface area contributed by atoms with E-state index >= 15 is 0 Å². The van der Waals surface area contributed by atoms with Crippen molar-refractivity contribution < 1.29 is 4.48 Å². The molecular weight excluding hydrogens is 266 g/mol. The Morgan fingerprint density at radius 1 is 0.409 bits per heavy atom.